The Morgan fingerprint density at radius 3 is 2.07 bits per heavy atom. The van der Waals surface area contributed by atoms with Crippen LogP contribution in [0.4, 0.5) is 0 Å². The summed E-state index contributed by atoms with van der Waals surface area (Å²) in [7, 11) is 0. The number of aryl methyl sites for hydroxylation is 2. The second kappa shape index (κ2) is 5.29. The van der Waals surface area contributed by atoms with E-state index in [2.05, 4.69) is 10.1 Å². The highest BCUT2D eigenvalue weighted by molar-refractivity contribution is 5.54. The molecule has 0 radical (unpaired) electrons. The van der Waals surface area contributed by atoms with E-state index < -0.39 is 0 Å². The Morgan fingerprint density at radius 2 is 1.60 bits per heavy atom. The standard InChI is InChI=1S/C10H10N2O.C2H6/c1-7-3-5-9(6-4-7)10-11-8(2)13-12-10;1-2/h3-6H,1-2H3;1-2H3. The third-order valence-corrected chi connectivity index (χ3v) is 1.84. The fraction of sp³-hybridized carbons (Fsp3) is 0.333. The van der Waals surface area contributed by atoms with Crippen molar-refractivity contribution in [2.75, 3.05) is 0 Å². The Bertz CT molecular complexity index is 404. The summed E-state index contributed by atoms with van der Waals surface area (Å²) in [5, 5.41) is 3.83. The summed E-state index contributed by atoms with van der Waals surface area (Å²) < 4.78 is 4.89. The first kappa shape index (κ1) is 11.4. The average molecular weight is 204 g/mol. The highest BCUT2D eigenvalue weighted by atomic mass is 16.5. The van der Waals surface area contributed by atoms with E-state index in [9.17, 15) is 0 Å². The van der Waals surface area contributed by atoms with Gasteiger partial charge in [-0.15, -0.1) is 0 Å². The minimum absolute atomic E-state index is 0.593. The van der Waals surface area contributed by atoms with Gasteiger partial charge >= 0.3 is 0 Å². The van der Waals surface area contributed by atoms with Gasteiger partial charge in [-0.25, -0.2) is 0 Å². The van der Waals surface area contributed by atoms with E-state index in [1.165, 1.54) is 5.56 Å². The van der Waals surface area contributed by atoms with Gasteiger partial charge in [0.05, 0.1) is 0 Å². The van der Waals surface area contributed by atoms with Crippen LogP contribution in [-0.4, -0.2) is 10.1 Å². The first-order chi connectivity index (χ1) is 7.25. The van der Waals surface area contributed by atoms with Gasteiger partial charge in [-0.3, -0.25) is 0 Å². The van der Waals surface area contributed by atoms with Crippen LogP contribution in [0.25, 0.3) is 11.4 Å². The Morgan fingerprint density at radius 1 is 1.00 bits per heavy atom. The van der Waals surface area contributed by atoms with E-state index in [4.69, 9.17) is 4.52 Å². The van der Waals surface area contributed by atoms with Crippen LogP contribution in [0.15, 0.2) is 28.8 Å². The van der Waals surface area contributed by atoms with E-state index in [1.807, 2.05) is 45.0 Å². The topological polar surface area (TPSA) is 38.9 Å². The Hall–Kier alpha value is -1.64. The van der Waals surface area contributed by atoms with E-state index >= 15 is 0 Å². The second-order valence-corrected chi connectivity index (χ2v) is 3.00. The monoisotopic (exact) mass is 204 g/mol. The summed E-state index contributed by atoms with van der Waals surface area (Å²) in [6.45, 7) is 7.83. The van der Waals surface area contributed by atoms with Crippen molar-refractivity contribution in [1.29, 1.82) is 0 Å². The van der Waals surface area contributed by atoms with Gasteiger partial charge in [0, 0.05) is 12.5 Å². The molecular weight excluding hydrogens is 188 g/mol. The molecule has 0 saturated carbocycles. The minimum Gasteiger partial charge on any atom is -0.339 e. The molecule has 2 aromatic rings. The Labute approximate surface area is 90.1 Å². The number of benzene rings is 1. The van der Waals surface area contributed by atoms with Crippen molar-refractivity contribution >= 4 is 0 Å². The van der Waals surface area contributed by atoms with Crippen molar-refractivity contribution in [2.24, 2.45) is 0 Å². The minimum atomic E-state index is 0.593. The molecule has 80 valence electrons. The molecule has 0 saturated heterocycles. The van der Waals surface area contributed by atoms with E-state index in [1.54, 1.807) is 6.92 Å². The fourth-order valence-electron chi connectivity index (χ4n) is 1.12. The van der Waals surface area contributed by atoms with Crippen LogP contribution < -0.4 is 0 Å². The molecule has 3 nitrogen and oxygen atoms in total. The maximum atomic E-state index is 4.89. The smallest absolute Gasteiger partial charge is 0.223 e. The lowest BCUT2D eigenvalue weighted by Gasteiger charge is -1.93. The molecule has 15 heavy (non-hydrogen) atoms. The highest BCUT2D eigenvalue weighted by Gasteiger charge is 2.03. The van der Waals surface area contributed by atoms with Gasteiger partial charge in [-0.2, -0.15) is 4.98 Å². The molecule has 1 heterocycles. The summed E-state index contributed by atoms with van der Waals surface area (Å²) in [5.74, 6) is 1.24. The van der Waals surface area contributed by atoms with Crippen molar-refractivity contribution in [3.8, 4) is 11.4 Å². The fourth-order valence-corrected chi connectivity index (χ4v) is 1.12. The molecule has 1 aromatic carbocycles. The van der Waals surface area contributed by atoms with E-state index in [-0.39, 0.29) is 0 Å². The molecule has 2 rings (SSSR count). The van der Waals surface area contributed by atoms with Crippen LogP contribution in [0.1, 0.15) is 25.3 Å². The molecule has 0 aliphatic heterocycles. The third-order valence-electron chi connectivity index (χ3n) is 1.84. The summed E-state index contributed by atoms with van der Waals surface area (Å²) in [6, 6.07) is 8.03. The maximum Gasteiger partial charge on any atom is 0.223 e. The number of hydrogen-bond donors (Lipinski definition) is 0. The molecule has 0 bridgehead atoms. The lowest BCUT2D eigenvalue weighted by atomic mass is 10.1. The van der Waals surface area contributed by atoms with Gasteiger partial charge in [-0.05, 0) is 6.92 Å². The molecule has 0 atom stereocenters. The van der Waals surface area contributed by atoms with Gasteiger partial charge in [0.1, 0.15) is 0 Å². The number of hydrogen-bond acceptors (Lipinski definition) is 3. The second-order valence-electron chi connectivity index (χ2n) is 3.00. The van der Waals surface area contributed by atoms with E-state index in [0.717, 1.165) is 5.56 Å². The highest BCUT2D eigenvalue weighted by Crippen LogP contribution is 2.15. The quantitative estimate of drug-likeness (QED) is 0.714. The summed E-state index contributed by atoms with van der Waals surface area (Å²) in [5.41, 5.74) is 2.21. The van der Waals surface area contributed by atoms with Crippen molar-refractivity contribution in [2.45, 2.75) is 27.7 Å². The molecule has 0 unspecified atom stereocenters. The lowest BCUT2D eigenvalue weighted by Crippen LogP contribution is -1.80. The van der Waals surface area contributed by atoms with Gasteiger partial charge in [0.2, 0.25) is 11.7 Å². The van der Waals surface area contributed by atoms with Gasteiger partial charge < -0.3 is 4.52 Å². The molecular formula is C12H16N2O. The molecule has 3 heteroatoms. The van der Waals surface area contributed by atoms with Crippen LogP contribution in [0.3, 0.4) is 0 Å². The molecule has 1 aromatic heterocycles. The lowest BCUT2D eigenvalue weighted by molar-refractivity contribution is 0.394. The Kier molecular flexibility index (Phi) is 4.03. The Balaban J connectivity index is 0.000000531. The summed E-state index contributed by atoms with van der Waals surface area (Å²) >= 11 is 0. The molecule has 0 spiro atoms. The third kappa shape index (κ3) is 2.91. The predicted molar refractivity (Wildman–Crippen MR) is 60.6 cm³/mol. The van der Waals surface area contributed by atoms with Crippen LogP contribution in [0.2, 0.25) is 0 Å². The normalized spacial score (nSPS) is 9.33. The van der Waals surface area contributed by atoms with Gasteiger partial charge in [0.15, 0.2) is 0 Å². The summed E-state index contributed by atoms with van der Waals surface area (Å²) in [6.07, 6.45) is 0. The van der Waals surface area contributed by atoms with Crippen molar-refractivity contribution in [3.63, 3.8) is 0 Å². The average Bonchev–Trinajstić information content (AvgIpc) is 2.69. The van der Waals surface area contributed by atoms with Gasteiger partial charge in [-0.1, -0.05) is 48.8 Å². The first-order valence-corrected chi connectivity index (χ1v) is 5.13. The molecule has 0 fully saturated rings. The zero-order valence-electron chi connectivity index (χ0n) is 9.61. The summed E-state index contributed by atoms with van der Waals surface area (Å²) in [4.78, 5) is 4.13. The number of rotatable bonds is 1. The van der Waals surface area contributed by atoms with Crippen molar-refractivity contribution < 1.29 is 4.52 Å². The zero-order valence-corrected chi connectivity index (χ0v) is 9.61. The van der Waals surface area contributed by atoms with Crippen LogP contribution in [0, 0.1) is 13.8 Å². The predicted octanol–water partition coefficient (Wildman–Crippen LogP) is 3.38. The number of nitrogens with zero attached hydrogens (tertiary/aromatic N) is 2. The molecule has 0 N–H and O–H groups in total. The molecule has 0 amide bonds. The van der Waals surface area contributed by atoms with Crippen molar-refractivity contribution in [1.82, 2.24) is 10.1 Å². The largest absolute Gasteiger partial charge is 0.339 e. The SMILES string of the molecule is CC.Cc1ccc(-c2noc(C)n2)cc1. The zero-order chi connectivity index (χ0) is 11.3. The maximum absolute atomic E-state index is 4.89. The first-order valence-electron chi connectivity index (χ1n) is 5.13. The van der Waals surface area contributed by atoms with E-state index in [0.29, 0.717) is 11.7 Å². The molecule has 0 aliphatic carbocycles. The van der Waals surface area contributed by atoms with Crippen LogP contribution in [0.5, 0.6) is 0 Å². The van der Waals surface area contributed by atoms with Crippen LogP contribution in [-0.2, 0) is 0 Å². The number of aromatic nitrogens is 2. The van der Waals surface area contributed by atoms with Crippen LogP contribution >= 0.6 is 0 Å². The molecule has 0 aliphatic rings. The van der Waals surface area contributed by atoms with Gasteiger partial charge in [0.25, 0.3) is 0 Å². The van der Waals surface area contributed by atoms with Crippen molar-refractivity contribution in [3.05, 3.63) is 35.7 Å².